The third-order valence-electron chi connectivity index (χ3n) is 8.80. The standard InChI is InChI=1S/C32H36N4O9/c1-35(2)20-12-19(34-21(37)14-45-13-15-8-6-5-7-9-15)26(38)23-17(20)10-16-11-18-25(36(3)4)28(40)24(31(33)43)30(42)32(18,44)29(41)22(16)27(23)39/h5-9,12,16,18,25,38-39,42,44H,10-11,13-14H2,1-4H3,(H2,33,43)(H,34,37)/t16?,18?,25-,32?/m0/s1. The van der Waals surface area contributed by atoms with Gasteiger partial charge in [0.25, 0.3) is 5.91 Å². The number of phenols is 1. The summed E-state index contributed by atoms with van der Waals surface area (Å²) >= 11 is 0. The fourth-order valence-electron chi connectivity index (χ4n) is 6.81. The Morgan fingerprint density at radius 2 is 1.76 bits per heavy atom. The molecule has 0 aromatic heterocycles. The van der Waals surface area contributed by atoms with Crippen LogP contribution in [0.3, 0.4) is 0 Å². The van der Waals surface area contributed by atoms with Crippen molar-refractivity contribution in [2.45, 2.75) is 31.1 Å². The fourth-order valence-corrected chi connectivity index (χ4v) is 6.81. The van der Waals surface area contributed by atoms with Gasteiger partial charge >= 0.3 is 0 Å². The van der Waals surface area contributed by atoms with Crippen molar-refractivity contribution < 1.29 is 44.3 Å². The number of phenolic OH excluding ortho intramolecular Hbond substituents is 1. The molecule has 5 rings (SSSR count). The molecule has 13 heteroatoms. The number of aliphatic hydroxyl groups excluding tert-OH is 2. The van der Waals surface area contributed by atoms with E-state index in [1.54, 1.807) is 25.1 Å². The minimum atomic E-state index is -2.74. The number of hydrogen-bond donors (Lipinski definition) is 6. The van der Waals surface area contributed by atoms with Gasteiger partial charge in [-0.25, -0.2) is 0 Å². The molecule has 1 saturated carbocycles. The average Bonchev–Trinajstić information content (AvgIpc) is 2.96. The van der Waals surface area contributed by atoms with Crippen LogP contribution in [0.5, 0.6) is 5.75 Å². The maximum absolute atomic E-state index is 14.1. The summed E-state index contributed by atoms with van der Waals surface area (Å²) in [6.07, 6.45) is 0.0840. The number of anilines is 2. The number of nitrogens with two attached hydrogens (primary N) is 1. The van der Waals surface area contributed by atoms with E-state index in [4.69, 9.17) is 10.5 Å². The number of benzene rings is 2. The molecule has 13 nitrogen and oxygen atoms in total. The third kappa shape index (κ3) is 5.12. The number of carbonyl (C=O) groups excluding carboxylic acids is 4. The lowest BCUT2D eigenvalue weighted by atomic mass is 9.57. The van der Waals surface area contributed by atoms with E-state index in [0.29, 0.717) is 11.3 Å². The van der Waals surface area contributed by atoms with Crippen LogP contribution in [0.25, 0.3) is 5.76 Å². The average molecular weight is 621 g/mol. The van der Waals surface area contributed by atoms with E-state index in [2.05, 4.69) is 5.32 Å². The molecule has 0 heterocycles. The number of nitrogens with one attached hydrogen (secondary N) is 1. The number of amides is 2. The van der Waals surface area contributed by atoms with Gasteiger partial charge in [-0.2, -0.15) is 0 Å². The summed E-state index contributed by atoms with van der Waals surface area (Å²) in [4.78, 5) is 55.5. The predicted molar refractivity (Wildman–Crippen MR) is 163 cm³/mol. The van der Waals surface area contributed by atoms with Gasteiger partial charge in [0, 0.05) is 31.3 Å². The summed E-state index contributed by atoms with van der Waals surface area (Å²) in [5.41, 5.74) is 3.17. The first-order valence-corrected chi connectivity index (χ1v) is 14.3. The van der Waals surface area contributed by atoms with Gasteiger partial charge in [-0.15, -0.1) is 0 Å². The van der Waals surface area contributed by atoms with Gasteiger partial charge < -0.3 is 41.1 Å². The first-order valence-electron chi connectivity index (χ1n) is 14.3. The molecule has 3 unspecified atom stereocenters. The van der Waals surface area contributed by atoms with E-state index < -0.39 is 69.7 Å². The number of likely N-dealkylation sites (N-methyl/N-ethyl adjacent to an activating group) is 1. The van der Waals surface area contributed by atoms with Crippen molar-refractivity contribution in [1.29, 1.82) is 0 Å². The number of aliphatic hydroxyl groups is 3. The van der Waals surface area contributed by atoms with Crippen molar-refractivity contribution in [2.75, 3.05) is 45.0 Å². The summed E-state index contributed by atoms with van der Waals surface area (Å²) in [5, 5.41) is 48.4. The molecule has 2 amide bonds. The zero-order valence-corrected chi connectivity index (χ0v) is 25.3. The van der Waals surface area contributed by atoms with Crippen molar-refractivity contribution in [3.05, 3.63) is 70.0 Å². The van der Waals surface area contributed by atoms with E-state index in [9.17, 15) is 39.6 Å². The summed E-state index contributed by atoms with van der Waals surface area (Å²) in [7, 11) is 6.55. The Bertz CT molecular complexity index is 1660. The van der Waals surface area contributed by atoms with Gasteiger partial charge in [-0.05, 0) is 50.0 Å². The van der Waals surface area contributed by atoms with Crippen LogP contribution in [0.4, 0.5) is 11.4 Å². The van der Waals surface area contributed by atoms with Crippen LogP contribution in [-0.2, 0) is 36.9 Å². The van der Waals surface area contributed by atoms with Gasteiger partial charge in [0.15, 0.2) is 11.4 Å². The Kier molecular flexibility index (Phi) is 8.21. The normalized spacial score (nSPS) is 24.3. The van der Waals surface area contributed by atoms with E-state index in [0.717, 1.165) is 5.56 Å². The number of fused-ring (bicyclic) bond motifs is 3. The molecule has 7 N–H and O–H groups in total. The number of aromatic hydroxyl groups is 1. The number of nitrogens with zero attached hydrogens (tertiary/aromatic N) is 2. The zero-order chi connectivity index (χ0) is 33.0. The second-order valence-corrected chi connectivity index (χ2v) is 12.0. The molecule has 0 aliphatic heterocycles. The summed E-state index contributed by atoms with van der Waals surface area (Å²) in [6.45, 7) is -0.142. The quantitative estimate of drug-likeness (QED) is 0.183. The number of primary amides is 1. The topological polar surface area (TPSA) is 203 Å². The monoisotopic (exact) mass is 620 g/mol. The Morgan fingerprint density at radius 1 is 1.09 bits per heavy atom. The molecule has 45 heavy (non-hydrogen) atoms. The molecule has 0 radical (unpaired) electrons. The van der Waals surface area contributed by atoms with E-state index in [1.807, 2.05) is 30.3 Å². The Hall–Kier alpha value is -4.72. The summed E-state index contributed by atoms with van der Waals surface area (Å²) < 4.78 is 5.50. The second kappa shape index (κ2) is 11.7. The Morgan fingerprint density at radius 3 is 2.36 bits per heavy atom. The predicted octanol–water partition coefficient (Wildman–Crippen LogP) is 1.19. The highest BCUT2D eigenvalue weighted by Crippen LogP contribution is 2.54. The van der Waals surface area contributed by atoms with Gasteiger partial charge in [0.1, 0.15) is 29.4 Å². The molecule has 238 valence electrons. The summed E-state index contributed by atoms with van der Waals surface area (Å²) in [5.74, 6) is -8.04. The van der Waals surface area contributed by atoms with Gasteiger partial charge in [0.2, 0.25) is 11.7 Å². The summed E-state index contributed by atoms with van der Waals surface area (Å²) in [6, 6.07) is 9.61. The van der Waals surface area contributed by atoms with E-state index in [-0.39, 0.29) is 42.9 Å². The molecule has 0 saturated heterocycles. The van der Waals surface area contributed by atoms with Gasteiger partial charge in [-0.3, -0.25) is 24.1 Å². The van der Waals surface area contributed by atoms with Crippen molar-refractivity contribution in [3.63, 3.8) is 0 Å². The molecule has 0 bridgehead atoms. The molecule has 0 spiro atoms. The number of rotatable bonds is 8. The minimum Gasteiger partial charge on any atom is -0.508 e. The SMILES string of the molecule is CN(C)c1cc(NC(=O)COCc2ccccc2)c(O)c2c1CC1CC3[C@H](N(C)C)C(=O)C(C(N)=O)=C(O)C3(O)C(=O)C1=C2O. The lowest BCUT2D eigenvalue weighted by molar-refractivity contribution is -0.153. The van der Waals surface area contributed by atoms with Crippen LogP contribution in [-0.4, -0.2) is 95.1 Å². The zero-order valence-electron chi connectivity index (χ0n) is 25.3. The molecule has 2 aromatic carbocycles. The van der Waals surface area contributed by atoms with Crippen LogP contribution in [0.2, 0.25) is 0 Å². The van der Waals surface area contributed by atoms with Crippen molar-refractivity contribution >= 4 is 40.5 Å². The maximum Gasteiger partial charge on any atom is 0.255 e. The first kappa shape index (κ1) is 31.7. The number of ketones is 2. The Balaban J connectivity index is 1.56. The van der Waals surface area contributed by atoms with Crippen molar-refractivity contribution in [3.8, 4) is 5.75 Å². The fraction of sp³-hybridized carbons (Fsp3) is 0.375. The number of hydrogen-bond acceptors (Lipinski definition) is 11. The van der Waals surface area contributed by atoms with E-state index >= 15 is 0 Å². The van der Waals surface area contributed by atoms with Crippen LogP contribution in [0.15, 0.2) is 53.3 Å². The molecular weight excluding hydrogens is 584 g/mol. The Labute approximate surface area is 259 Å². The molecule has 3 aliphatic carbocycles. The van der Waals surface area contributed by atoms with Crippen LogP contribution in [0, 0.1) is 11.8 Å². The van der Waals surface area contributed by atoms with Gasteiger partial charge in [0.05, 0.1) is 23.9 Å². The minimum absolute atomic E-state index is 0.0311. The lowest BCUT2D eigenvalue weighted by Gasteiger charge is -2.50. The highest BCUT2D eigenvalue weighted by molar-refractivity contribution is 6.24. The second-order valence-electron chi connectivity index (χ2n) is 12.0. The number of Topliss-reactive ketones (excluding diaryl/α,β-unsaturated/α-hetero) is 2. The van der Waals surface area contributed by atoms with Crippen LogP contribution in [0.1, 0.15) is 23.1 Å². The lowest BCUT2D eigenvalue weighted by Crippen LogP contribution is -2.65. The smallest absolute Gasteiger partial charge is 0.255 e. The molecule has 3 aliphatic rings. The van der Waals surface area contributed by atoms with E-state index in [1.165, 1.54) is 19.0 Å². The molecular formula is C32H36N4O9. The molecule has 4 atom stereocenters. The van der Waals surface area contributed by atoms with Crippen molar-refractivity contribution in [2.24, 2.45) is 17.6 Å². The third-order valence-corrected chi connectivity index (χ3v) is 8.80. The van der Waals surface area contributed by atoms with Gasteiger partial charge in [-0.1, -0.05) is 30.3 Å². The molecule has 2 aromatic rings. The first-order chi connectivity index (χ1) is 21.2. The van der Waals surface area contributed by atoms with Crippen molar-refractivity contribution in [1.82, 2.24) is 4.90 Å². The van der Waals surface area contributed by atoms with Crippen LogP contribution >= 0.6 is 0 Å². The van der Waals surface area contributed by atoms with Crippen LogP contribution < -0.4 is 16.0 Å². The number of ether oxygens (including phenoxy) is 1. The molecule has 1 fully saturated rings. The highest BCUT2D eigenvalue weighted by atomic mass is 16.5. The largest absolute Gasteiger partial charge is 0.508 e. The maximum atomic E-state index is 14.1. The number of carbonyl (C=O) groups is 4. The highest BCUT2D eigenvalue weighted by Gasteiger charge is 2.64.